The molecule has 0 saturated carbocycles. The molecular formula is C21H32N2O4. The zero-order chi connectivity index (χ0) is 19.9. The van der Waals surface area contributed by atoms with E-state index >= 15 is 0 Å². The molecule has 0 heterocycles. The van der Waals surface area contributed by atoms with Gasteiger partial charge in [0, 0.05) is 13.1 Å². The summed E-state index contributed by atoms with van der Waals surface area (Å²) < 4.78 is 9.92. The Labute approximate surface area is 162 Å². The van der Waals surface area contributed by atoms with E-state index in [2.05, 4.69) is 23.4 Å². The van der Waals surface area contributed by atoms with Crippen molar-refractivity contribution in [1.29, 1.82) is 0 Å². The first-order chi connectivity index (χ1) is 13.1. The number of hydrogen-bond acceptors (Lipinski definition) is 5. The second kappa shape index (κ2) is 13.9. The minimum Gasteiger partial charge on any atom is -0.469 e. The highest BCUT2D eigenvalue weighted by molar-refractivity contribution is 5.76. The van der Waals surface area contributed by atoms with Crippen molar-refractivity contribution < 1.29 is 19.1 Å². The van der Waals surface area contributed by atoms with Crippen LogP contribution in [-0.2, 0) is 32.0 Å². The number of methoxy groups -OCH3 is 1. The van der Waals surface area contributed by atoms with Crippen LogP contribution in [0.15, 0.2) is 36.9 Å². The predicted octanol–water partition coefficient (Wildman–Crippen LogP) is 2.45. The number of rotatable bonds is 14. The van der Waals surface area contributed by atoms with Gasteiger partial charge in [0.15, 0.2) is 0 Å². The lowest BCUT2D eigenvalue weighted by Gasteiger charge is -2.23. The van der Waals surface area contributed by atoms with Crippen LogP contribution in [0.3, 0.4) is 0 Å². The molecule has 6 heteroatoms. The van der Waals surface area contributed by atoms with E-state index in [4.69, 9.17) is 10.5 Å². The quantitative estimate of drug-likeness (QED) is 0.306. The molecule has 0 radical (unpaired) electrons. The lowest BCUT2D eigenvalue weighted by Crippen LogP contribution is -2.32. The summed E-state index contributed by atoms with van der Waals surface area (Å²) in [4.78, 5) is 25.5. The van der Waals surface area contributed by atoms with Crippen LogP contribution < -0.4 is 5.73 Å². The number of esters is 1. The number of carbonyl (C=O) groups is 2. The van der Waals surface area contributed by atoms with Crippen LogP contribution in [0.25, 0.3) is 0 Å². The molecule has 0 atom stereocenters. The molecular weight excluding hydrogens is 344 g/mol. The van der Waals surface area contributed by atoms with Crippen molar-refractivity contribution in [2.45, 2.75) is 38.6 Å². The van der Waals surface area contributed by atoms with Crippen molar-refractivity contribution in [2.24, 2.45) is 5.73 Å². The number of carbonyl (C=O) groups excluding carboxylic acids is 2. The van der Waals surface area contributed by atoms with Gasteiger partial charge in [-0.15, -0.1) is 6.58 Å². The number of amides is 1. The lowest BCUT2D eigenvalue weighted by atomic mass is 10.1. The summed E-state index contributed by atoms with van der Waals surface area (Å²) in [5.41, 5.74) is 7.87. The summed E-state index contributed by atoms with van der Waals surface area (Å²) in [5, 5.41) is 0. The Balaban J connectivity index is 2.52. The van der Waals surface area contributed by atoms with Gasteiger partial charge in [-0.3, -0.25) is 9.59 Å². The van der Waals surface area contributed by atoms with E-state index in [1.807, 2.05) is 23.1 Å². The van der Waals surface area contributed by atoms with Crippen molar-refractivity contribution in [3.05, 3.63) is 48.0 Å². The molecule has 27 heavy (non-hydrogen) atoms. The van der Waals surface area contributed by atoms with Crippen LogP contribution in [-0.4, -0.2) is 50.2 Å². The molecule has 2 N–H and O–H groups in total. The zero-order valence-corrected chi connectivity index (χ0v) is 16.3. The maximum Gasteiger partial charge on any atom is 0.307 e. The van der Waals surface area contributed by atoms with Crippen molar-refractivity contribution in [2.75, 3.05) is 33.4 Å². The molecule has 0 aliphatic carbocycles. The Hall–Kier alpha value is -2.18. The summed E-state index contributed by atoms with van der Waals surface area (Å²) in [5.74, 6) is -0.270. The van der Waals surface area contributed by atoms with Gasteiger partial charge in [0.2, 0.25) is 5.91 Å². The third-order valence-electron chi connectivity index (χ3n) is 4.16. The number of nitrogens with zero attached hydrogens (tertiary/aromatic N) is 1. The molecule has 0 unspecified atom stereocenters. The lowest BCUT2D eigenvalue weighted by molar-refractivity contribution is -0.141. The molecule has 0 aliphatic heterocycles. The third-order valence-corrected chi connectivity index (χ3v) is 4.16. The van der Waals surface area contributed by atoms with Crippen molar-refractivity contribution in [3.63, 3.8) is 0 Å². The van der Waals surface area contributed by atoms with Crippen molar-refractivity contribution in [1.82, 2.24) is 4.90 Å². The van der Waals surface area contributed by atoms with Crippen LogP contribution in [0.2, 0.25) is 0 Å². The molecule has 0 aliphatic rings. The maximum absolute atomic E-state index is 12.6. The van der Waals surface area contributed by atoms with Gasteiger partial charge < -0.3 is 20.1 Å². The molecule has 6 nitrogen and oxygen atoms in total. The van der Waals surface area contributed by atoms with E-state index in [0.29, 0.717) is 32.7 Å². The van der Waals surface area contributed by atoms with Gasteiger partial charge in [0.05, 0.1) is 33.2 Å². The molecule has 0 spiro atoms. The second-order valence-corrected chi connectivity index (χ2v) is 6.29. The van der Waals surface area contributed by atoms with Crippen LogP contribution in [0.4, 0.5) is 0 Å². The Morgan fingerprint density at radius 2 is 1.81 bits per heavy atom. The van der Waals surface area contributed by atoms with Crippen LogP contribution >= 0.6 is 0 Å². The van der Waals surface area contributed by atoms with Crippen LogP contribution in [0, 0.1) is 0 Å². The fourth-order valence-electron chi connectivity index (χ4n) is 2.59. The highest BCUT2D eigenvalue weighted by atomic mass is 16.5. The Morgan fingerprint density at radius 3 is 2.44 bits per heavy atom. The van der Waals surface area contributed by atoms with Gasteiger partial charge in [-0.1, -0.05) is 30.3 Å². The van der Waals surface area contributed by atoms with Gasteiger partial charge in [-0.25, -0.2) is 0 Å². The number of unbranched alkanes of at least 4 members (excludes halogenated alkanes) is 1. The molecule has 150 valence electrons. The molecule has 0 fully saturated rings. The monoisotopic (exact) mass is 376 g/mol. The topological polar surface area (TPSA) is 81.9 Å². The standard InChI is InChI=1S/C21H32N2O4/c1-3-4-5-14-23(17-19-8-6-18(7-9-19)10-13-22)20(24)11-15-27-16-12-21(25)26-2/h3,6-9H,1,4-5,10-17,22H2,2H3. The molecule has 1 aromatic carbocycles. The van der Waals surface area contributed by atoms with Crippen LogP contribution in [0.5, 0.6) is 0 Å². The number of benzene rings is 1. The number of allylic oxidation sites excluding steroid dienone is 1. The molecule has 0 saturated heterocycles. The molecule has 0 aromatic heterocycles. The van der Waals surface area contributed by atoms with E-state index in [0.717, 1.165) is 24.8 Å². The summed E-state index contributed by atoms with van der Waals surface area (Å²) in [7, 11) is 1.34. The summed E-state index contributed by atoms with van der Waals surface area (Å²) in [6.07, 6.45) is 4.95. The average molecular weight is 376 g/mol. The van der Waals surface area contributed by atoms with Crippen LogP contribution in [0.1, 0.15) is 36.8 Å². The number of ether oxygens (including phenoxy) is 2. The molecule has 1 amide bonds. The zero-order valence-electron chi connectivity index (χ0n) is 16.3. The third kappa shape index (κ3) is 9.92. The van der Waals surface area contributed by atoms with E-state index in [9.17, 15) is 9.59 Å². The first kappa shape index (κ1) is 22.9. The summed E-state index contributed by atoms with van der Waals surface area (Å²) >= 11 is 0. The highest BCUT2D eigenvalue weighted by Crippen LogP contribution is 2.11. The van der Waals surface area contributed by atoms with Gasteiger partial charge in [0.25, 0.3) is 0 Å². The van der Waals surface area contributed by atoms with E-state index in [1.54, 1.807) is 0 Å². The van der Waals surface area contributed by atoms with Gasteiger partial charge >= 0.3 is 5.97 Å². The maximum atomic E-state index is 12.6. The largest absolute Gasteiger partial charge is 0.469 e. The highest BCUT2D eigenvalue weighted by Gasteiger charge is 2.14. The van der Waals surface area contributed by atoms with Crippen molar-refractivity contribution >= 4 is 11.9 Å². The molecule has 0 bridgehead atoms. The first-order valence-corrected chi connectivity index (χ1v) is 9.41. The fourth-order valence-corrected chi connectivity index (χ4v) is 2.59. The van der Waals surface area contributed by atoms with Gasteiger partial charge in [-0.2, -0.15) is 0 Å². The van der Waals surface area contributed by atoms with Gasteiger partial charge in [0.1, 0.15) is 0 Å². The summed E-state index contributed by atoms with van der Waals surface area (Å²) in [6.45, 7) is 6.17. The van der Waals surface area contributed by atoms with E-state index < -0.39 is 0 Å². The molecule has 1 aromatic rings. The van der Waals surface area contributed by atoms with E-state index in [-0.39, 0.29) is 24.9 Å². The fraction of sp³-hybridized carbons (Fsp3) is 0.524. The van der Waals surface area contributed by atoms with Crippen molar-refractivity contribution in [3.8, 4) is 0 Å². The molecule has 1 rings (SSSR count). The Kier molecular flexibility index (Phi) is 11.8. The SMILES string of the molecule is C=CCCCN(Cc1ccc(CCN)cc1)C(=O)CCOCCC(=O)OC. The minimum absolute atomic E-state index is 0.0446. The smallest absolute Gasteiger partial charge is 0.307 e. The normalized spacial score (nSPS) is 10.4. The summed E-state index contributed by atoms with van der Waals surface area (Å²) in [6, 6.07) is 8.21. The average Bonchev–Trinajstić information content (AvgIpc) is 2.68. The van der Waals surface area contributed by atoms with Gasteiger partial charge in [-0.05, 0) is 36.9 Å². The van der Waals surface area contributed by atoms with E-state index in [1.165, 1.54) is 12.7 Å². The Bertz CT molecular complexity index is 572. The second-order valence-electron chi connectivity index (χ2n) is 6.29. The Morgan fingerprint density at radius 1 is 1.15 bits per heavy atom. The predicted molar refractivity (Wildman–Crippen MR) is 106 cm³/mol. The number of nitrogens with two attached hydrogens (primary N) is 1. The number of hydrogen-bond donors (Lipinski definition) is 1. The first-order valence-electron chi connectivity index (χ1n) is 9.41. The minimum atomic E-state index is -0.314.